The van der Waals surface area contributed by atoms with E-state index in [0.717, 1.165) is 31.7 Å². The smallest absolute Gasteiger partial charge is 0.242 e. The van der Waals surface area contributed by atoms with Crippen molar-refractivity contribution in [3.05, 3.63) is 29.8 Å². The molecule has 0 saturated carbocycles. The summed E-state index contributed by atoms with van der Waals surface area (Å²) in [6.45, 7) is 8.19. The molecule has 0 bridgehead atoms. The summed E-state index contributed by atoms with van der Waals surface area (Å²) in [6.07, 6.45) is 0. The first-order chi connectivity index (χ1) is 9.91. The second kappa shape index (κ2) is 6.45. The molecule has 1 aliphatic rings. The topological polar surface area (TPSA) is 55.8 Å². The van der Waals surface area contributed by atoms with Crippen molar-refractivity contribution < 1.29 is 9.90 Å². The van der Waals surface area contributed by atoms with Gasteiger partial charge in [0.25, 0.3) is 0 Å². The van der Waals surface area contributed by atoms with Crippen LogP contribution in [0.25, 0.3) is 0 Å². The van der Waals surface area contributed by atoms with Gasteiger partial charge in [-0.25, -0.2) is 0 Å². The number of amides is 1. The van der Waals surface area contributed by atoms with E-state index in [1.807, 2.05) is 33.0 Å². The Bertz CT molecular complexity index is 479. The zero-order chi connectivity index (χ0) is 15.5. The summed E-state index contributed by atoms with van der Waals surface area (Å²) < 4.78 is 0. The number of aromatic hydroxyl groups is 1. The number of hydrogen-bond donors (Lipinski definition) is 2. The standard InChI is InChI=1S/C16H25N3O2/c1-16(2,19-10-8-17-9-11-19)15(21)18(3)12-13-4-6-14(20)7-5-13/h4-7,17,20H,8-12H2,1-3H3. The molecule has 0 unspecified atom stereocenters. The third-order valence-corrected chi connectivity index (χ3v) is 4.13. The maximum absolute atomic E-state index is 12.7. The van der Waals surface area contributed by atoms with Gasteiger partial charge in [0, 0.05) is 39.8 Å². The number of carbonyl (C=O) groups excluding carboxylic acids is 1. The highest BCUT2D eigenvalue weighted by Crippen LogP contribution is 2.19. The maximum Gasteiger partial charge on any atom is 0.242 e. The third kappa shape index (κ3) is 3.74. The van der Waals surface area contributed by atoms with Crippen LogP contribution in [0.15, 0.2) is 24.3 Å². The number of phenols is 1. The highest BCUT2D eigenvalue weighted by molar-refractivity contribution is 5.85. The molecule has 1 fully saturated rings. The summed E-state index contributed by atoms with van der Waals surface area (Å²) in [5.41, 5.74) is 0.521. The average Bonchev–Trinajstić information content (AvgIpc) is 2.49. The molecule has 1 aromatic carbocycles. The van der Waals surface area contributed by atoms with E-state index in [2.05, 4.69) is 10.2 Å². The highest BCUT2D eigenvalue weighted by Gasteiger charge is 2.36. The Morgan fingerprint density at radius 3 is 2.43 bits per heavy atom. The second-order valence-corrected chi connectivity index (χ2v) is 6.12. The summed E-state index contributed by atoms with van der Waals surface area (Å²) in [7, 11) is 1.83. The Kier molecular flexibility index (Phi) is 4.85. The molecular weight excluding hydrogens is 266 g/mol. The number of nitrogens with zero attached hydrogens (tertiary/aromatic N) is 2. The van der Waals surface area contributed by atoms with Gasteiger partial charge in [0.15, 0.2) is 0 Å². The monoisotopic (exact) mass is 291 g/mol. The molecule has 0 spiro atoms. The van der Waals surface area contributed by atoms with Gasteiger partial charge in [0.05, 0.1) is 5.54 Å². The predicted octanol–water partition coefficient (Wildman–Crippen LogP) is 1.03. The molecule has 0 aliphatic carbocycles. The van der Waals surface area contributed by atoms with Gasteiger partial charge in [-0.2, -0.15) is 0 Å². The number of carbonyl (C=O) groups is 1. The number of phenolic OH excluding ortho intramolecular Hbond substituents is 1. The van der Waals surface area contributed by atoms with E-state index in [0.29, 0.717) is 6.54 Å². The van der Waals surface area contributed by atoms with Crippen molar-refractivity contribution in [2.75, 3.05) is 33.2 Å². The summed E-state index contributed by atoms with van der Waals surface area (Å²) >= 11 is 0. The van der Waals surface area contributed by atoms with Gasteiger partial charge >= 0.3 is 0 Å². The van der Waals surface area contributed by atoms with E-state index in [-0.39, 0.29) is 11.7 Å². The zero-order valence-corrected chi connectivity index (χ0v) is 13.1. The molecule has 1 heterocycles. The lowest BCUT2D eigenvalue weighted by Crippen LogP contribution is -2.60. The van der Waals surface area contributed by atoms with Gasteiger partial charge in [-0.05, 0) is 31.5 Å². The molecule has 0 aromatic heterocycles. The van der Waals surface area contributed by atoms with Crippen molar-refractivity contribution in [3.8, 4) is 5.75 Å². The van der Waals surface area contributed by atoms with Gasteiger partial charge in [-0.3, -0.25) is 9.69 Å². The van der Waals surface area contributed by atoms with E-state index in [1.54, 1.807) is 17.0 Å². The minimum atomic E-state index is -0.492. The molecule has 1 aromatic rings. The molecule has 0 radical (unpaired) electrons. The molecule has 5 heteroatoms. The van der Waals surface area contributed by atoms with Crippen LogP contribution in [-0.2, 0) is 11.3 Å². The van der Waals surface area contributed by atoms with Crippen molar-refractivity contribution in [1.29, 1.82) is 0 Å². The van der Waals surface area contributed by atoms with Crippen LogP contribution >= 0.6 is 0 Å². The van der Waals surface area contributed by atoms with Gasteiger partial charge < -0.3 is 15.3 Å². The SMILES string of the molecule is CN(Cc1ccc(O)cc1)C(=O)C(C)(C)N1CCNCC1. The lowest BCUT2D eigenvalue weighted by atomic mass is 9.99. The van der Waals surface area contributed by atoms with Crippen LogP contribution in [0.1, 0.15) is 19.4 Å². The Morgan fingerprint density at radius 1 is 1.29 bits per heavy atom. The lowest BCUT2D eigenvalue weighted by Gasteiger charge is -2.41. The van der Waals surface area contributed by atoms with Crippen molar-refractivity contribution in [1.82, 2.24) is 15.1 Å². The molecule has 5 nitrogen and oxygen atoms in total. The van der Waals surface area contributed by atoms with Gasteiger partial charge in [0.2, 0.25) is 5.91 Å². The van der Waals surface area contributed by atoms with Gasteiger partial charge in [-0.1, -0.05) is 12.1 Å². The summed E-state index contributed by atoms with van der Waals surface area (Å²) in [6, 6.07) is 6.98. The predicted molar refractivity (Wildman–Crippen MR) is 83.1 cm³/mol. The fourth-order valence-electron chi connectivity index (χ4n) is 2.77. The zero-order valence-electron chi connectivity index (χ0n) is 13.1. The minimum absolute atomic E-state index is 0.123. The molecule has 0 atom stereocenters. The van der Waals surface area contributed by atoms with E-state index in [4.69, 9.17) is 0 Å². The second-order valence-electron chi connectivity index (χ2n) is 6.12. The van der Waals surface area contributed by atoms with Crippen LogP contribution < -0.4 is 5.32 Å². The van der Waals surface area contributed by atoms with Crippen LogP contribution in [0.3, 0.4) is 0 Å². The average molecular weight is 291 g/mol. The normalized spacial score (nSPS) is 16.7. The first-order valence-electron chi connectivity index (χ1n) is 7.40. The molecule has 116 valence electrons. The molecule has 1 saturated heterocycles. The van der Waals surface area contributed by atoms with Crippen LogP contribution in [-0.4, -0.2) is 59.6 Å². The fourth-order valence-corrected chi connectivity index (χ4v) is 2.77. The maximum atomic E-state index is 12.7. The number of nitrogens with one attached hydrogen (secondary N) is 1. The van der Waals surface area contributed by atoms with E-state index in [1.165, 1.54) is 0 Å². The summed E-state index contributed by atoms with van der Waals surface area (Å²) in [5.74, 6) is 0.367. The first kappa shape index (κ1) is 15.8. The summed E-state index contributed by atoms with van der Waals surface area (Å²) in [5, 5.41) is 12.6. The lowest BCUT2D eigenvalue weighted by molar-refractivity contribution is -0.142. The molecule has 1 amide bonds. The van der Waals surface area contributed by atoms with E-state index < -0.39 is 5.54 Å². The Labute approximate surface area is 126 Å². The third-order valence-electron chi connectivity index (χ3n) is 4.13. The summed E-state index contributed by atoms with van der Waals surface area (Å²) in [4.78, 5) is 16.7. The molecule has 21 heavy (non-hydrogen) atoms. The van der Waals surface area contributed by atoms with Gasteiger partial charge in [-0.15, -0.1) is 0 Å². The number of rotatable bonds is 4. The van der Waals surface area contributed by atoms with Crippen LogP contribution in [0.4, 0.5) is 0 Å². The quantitative estimate of drug-likeness (QED) is 0.870. The Hall–Kier alpha value is -1.59. The first-order valence-corrected chi connectivity index (χ1v) is 7.40. The molecular formula is C16H25N3O2. The highest BCUT2D eigenvalue weighted by atomic mass is 16.3. The van der Waals surface area contributed by atoms with Crippen molar-refractivity contribution in [2.45, 2.75) is 25.9 Å². The molecule has 2 N–H and O–H groups in total. The number of likely N-dealkylation sites (N-methyl/N-ethyl adjacent to an activating group) is 1. The molecule has 1 aliphatic heterocycles. The number of benzene rings is 1. The van der Waals surface area contributed by atoms with Gasteiger partial charge in [0.1, 0.15) is 5.75 Å². The Morgan fingerprint density at radius 2 is 1.86 bits per heavy atom. The van der Waals surface area contributed by atoms with Crippen LogP contribution in [0.2, 0.25) is 0 Å². The largest absolute Gasteiger partial charge is 0.508 e. The number of hydrogen-bond acceptors (Lipinski definition) is 4. The Balaban J connectivity index is 2.01. The number of piperazine rings is 1. The van der Waals surface area contributed by atoms with Crippen molar-refractivity contribution in [3.63, 3.8) is 0 Å². The molecule has 2 rings (SSSR count). The van der Waals surface area contributed by atoms with Crippen molar-refractivity contribution >= 4 is 5.91 Å². The van der Waals surface area contributed by atoms with E-state index >= 15 is 0 Å². The van der Waals surface area contributed by atoms with Crippen LogP contribution in [0.5, 0.6) is 5.75 Å². The van der Waals surface area contributed by atoms with E-state index in [9.17, 15) is 9.90 Å². The van der Waals surface area contributed by atoms with Crippen LogP contribution in [0, 0.1) is 0 Å². The fraction of sp³-hybridized carbons (Fsp3) is 0.562. The minimum Gasteiger partial charge on any atom is -0.508 e. The van der Waals surface area contributed by atoms with Crippen molar-refractivity contribution in [2.24, 2.45) is 0 Å².